The lowest BCUT2D eigenvalue weighted by Gasteiger charge is -2.07. The Kier molecular flexibility index (Phi) is 2.89. The number of aromatic nitrogens is 4. The summed E-state index contributed by atoms with van der Waals surface area (Å²) in [5, 5.41) is 1.64. The fourth-order valence-electron chi connectivity index (χ4n) is 2.54. The standard InChI is InChI=1S/C17H12N4O/c22-17-14-5-7-18-9-16(14)20-11-21(17)10-12-3-4-15-13(8-12)2-1-6-19-15/h1-9,11H,10H2. The molecule has 3 heterocycles. The molecule has 0 aliphatic rings. The van der Waals surface area contributed by atoms with Gasteiger partial charge in [0.1, 0.15) is 0 Å². The first-order chi connectivity index (χ1) is 10.8. The third kappa shape index (κ3) is 2.13. The smallest absolute Gasteiger partial charge is 0.261 e. The van der Waals surface area contributed by atoms with E-state index in [0.717, 1.165) is 16.5 Å². The van der Waals surface area contributed by atoms with Crippen LogP contribution in [-0.4, -0.2) is 19.5 Å². The molecule has 4 rings (SSSR count). The fourth-order valence-corrected chi connectivity index (χ4v) is 2.54. The van der Waals surface area contributed by atoms with E-state index in [1.807, 2.05) is 30.3 Å². The molecular weight excluding hydrogens is 276 g/mol. The summed E-state index contributed by atoms with van der Waals surface area (Å²) < 4.78 is 1.61. The minimum absolute atomic E-state index is 0.0568. The Morgan fingerprint density at radius 2 is 1.95 bits per heavy atom. The third-order valence-corrected chi connectivity index (χ3v) is 3.65. The molecule has 0 saturated heterocycles. The van der Waals surface area contributed by atoms with Crippen LogP contribution in [0.4, 0.5) is 0 Å². The topological polar surface area (TPSA) is 60.7 Å². The predicted molar refractivity (Wildman–Crippen MR) is 84.6 cm³/mol. The van der Waals surface area contributed by atoms with Gasteiger partial charge in [-0.3, -0.25) is 19.3 Å². The summed E-state index contributed by atoms with van der Waals surface area (Å²) >= 11 is 0. The van der Waals surface area contributed by atoms with E-state index in [1.165, 1.54) is 0 Å². The van der Waals surface area contributed by atoms with Crippen LogP contribution in [-0.2, 0) is 6.54 Å². The van der Waals surface area contributed by atoms with E-state index in [-0.39, 0.29) is 5.56 Å². The van der Waals surface area contributed by atoms with E-state index in [1.54, 1.807) is 35.6 Å². The van der Waals surface area contributed by atoms with Crippen molar-refractivity contribution in [2.75, 3.05) is 0 Å². The molecule has 0 spiro atoms. The van der Waals surface area contributed by atoms with Gasteiger partial charge in [0.25, 0.3) is 5.56 Å². The van der Waals surface area contributed by atoms with Crippen LogP contribution in [0.1, 0.15) is 5.56 Å². The highest BCUT2D eigenvalue weighted by Crippen LogP contribution is 2.14. The maximum absolute atomic E-state index is 12.5. The van der Waals surface area contributed by atoms with Gasteiger partial charge in [0.05, 0.1) is 35.5 Å². The number of fused-ring (bicyclic) bond motifs is 2. The van der Waals surface area contributed by atoms with Crippen LogP contribution in [0.2, 0.25) is 0 Å². The lowest BCUT2D eigenvalue weighted by Crippen LogP contribution is -2.21. The van der Waals surface area contributed by atoms with Crippen molar-refractivity contribution in [2.24, 2.45) is 0 Å². The minimum atomic E-state index is -0.0568. The van der Waals surface area contributed by atoms with Crippen molar-refractivity contribution in [2.45, 2.75) is 6.54 Å². The second-order valence-electron chi connectivity index (χ2n) is 5.10. The first-order valence-corrected chi connectivity index (χ1v) is 6.94. The predicted octanol–water partition coefficient (Wildman–Crippen LogP) is 2.39. The molecule has 0 atom stereocenters. The molecule has 0 fully saturated rings. The van der Waals surface area contributed by atoms with Crippen molar-refractivity contribution < 1.29 is 0 Å². The van der Waals surface area contributed by atoms with Crippen molar-refractivity contribution in [3.05, 3.63) is 77.2 Å². The van der Waals surface area contributed by atoms with Gasteiger partial charge in [-0.15, -0.1) is 0 Å². The number of hydrogen-bond acceptors (Lipinski definition) is 4. The molecule has 0 bridgehead atoms. The van der Waals surface area contributed by atoms with E-state index in [4.69, 9.17) is 0 Å². The van der Waals surface area contributed by atoms with Crippen molar-refractivity contribution in [3.63, 3.8) is 0 Å². The zero-order valence-electron chi connectivity index (χ0n) is 11.7. The average molecular weight is 288 g/mol. The van der Waals surface area contributed by atoms with Crippen LogP contribution >= 0.6 is 0 Å². The van der Waals surface area contributed by atoms with Crippen LogP contribution < -0.4 is 5.56 Å². The Hall–Kier alpha value is -3.08. The number of rotatable bonds is 2. The van der Waals surface area contributed by atoms with Crippen LogP contribution in [0.3, 0.4) is 0 Å². The normalized spacial score (nSPS) is 11.1. The van der Waals surface area contributed by atoms with Crippen LogP contribution in [0.25, 0.3) is 21.8 Å². The second kappa shape index (κ2) is 5.04. The maximum Gasteiger partial charge on any atom is 0.261 e. The van der Waals surface area contributed by atoms with Crippen LogP contribution in [0.15, 0.2) is 66.1 Å². The summed E-state index contributed by atoms with van der Waals surface area (Å²) in [4.78, 5) is 25.1. The average Bonchev–Trinajstić information content (AvgIpc) is 2.57. The quantitative estimate of drug-likeness (QED) is 0.568. The summed E-state index contributed by atoms with van der Waals surface area (Å²) in [7, 11) is 0. The zero-order chi connectivity index (χ0) is 14.9. The van der Waals surface area contributed by atoms with Crippen molar-refractivity contribution in [1.29, 1.82) is 0 Å². The summed E-state index contributed by atoms with van der Waals surface area (Å²) in [6.07, 6.45) is 6.55. The van der Waals surface area contributed by atoms with Gasteiger partial charge in [-0.25, -0.2) is 4.98 Å². The van der Waals surface area contributed by atoms with E-state index in [2.05, 4.69) is 15.0 Å². The summed E-state index contributed by atoms with van der Waals surface area (Å²) in [5.74, 6) is 0. The molecule has 0 N–H and O–H groups in total. The van der Waals surface area contributed by atoms with Gasteiger partial charge >= 0.3 is 0 Å². The third-order valence-electron chi connectivity index (χ3n) is 3.65. The molecule has 0 radical (unpaired) electrons. The Labute approximate surface area is 125 Å². The first-order valence-electron chi connectivity index (χ1n) is 6.94. The lowest BCUT2D eigenvalue weighted by molar-refractivity contribution is 0.749. The fraction of sp³-hybridized carbons (Fsp3) is 0.0588. The van der Waals surface area contributed by atoms with Gasteiger partial charge in [0.2, 0.25) is 0 Å². The molecule has 0 saturated carbocycles. The highest BCUT2D eigenvalue weighted by Gasteiger charge is 2.05. The highest BCUT2D eigenvalue weighted by molar-refractivity contribution is 5.79. The Morgan fingerprint density at radius 3 is 2.91 bits per heavy atom. The molecule has 4 aromatic rings. The van der Waals surface area contributed by atoms with Gasteiger partial charge in [-0.1, -0.05) is 12.1 Å². The lowest BCUT2D eigenvalue weighted by atomic mass is 10.1. The van der Waals surface area contributed by atoms with Crippen molar-refractivity contribution in [1.82, 2.24) is 19.5 Å². The zero-order valence-corrected chi connectivity index (χ0v) is 11.7. The molecule has 106 valence electrons. The number of nitrogens with zero attached hydrogens (tertiary/aromatic N) is 4. The minimum Gasteiger partial charge on any atom is -0.294 e. The first kappa shape index (κ1) is 12.6. The SMILES string of the molecule is O=c1c2ccncc2ncn1Cc1ccc2ncccc2c1. The molecule has 1 aromatic carbocycles. The molecule has 0 aliphatic heterocycles. The maximum atomic E-state index is 12.5. The molecular formula is C17H12N4O. The largest absolute Gasteiger partial charge is 0.294 e. The van der Waals surface area contributed by atoms with Crippen molar-refractivity contribution >= 4 is 21.8 Å². The molecule has 0 aliphatic carbocycles. The van der Waals surface area contributed by atoms with Gasteiger partial charge in [0, 0.05) is 17.8 Å². The van der Waals surface area contributed by atoms with E-state index in [9.17, 15) is 4.79 Å². The van der Waals surface area contributed by atoms with Crippen LogP contribution in [0.5, 0.6) is 0 Å². The van der Waals surface area contributed by atoms with Crippen LogP contribution in [0, 0.1) is 0 Å². The Morgan fingerprint density at radius 1 is 1.00 bits per heavy atom. The molecule has 3 aromatic heterocycles. The second-order valence-corrected chi connectivity index (χ2v) is 5.10. The summed E-state index contributed by atoms with van der Waals surface area (Å²) in [6, 6.07) is 11.6. The van der Waals surface area contributed by atoms with Gasteiger partial charge in [-0.2, -0.15) is 0 Å². The van der Waals surface area contributed by atoms with Gasteiger partial charge in [0.15, 0.2) is 0 Å². The molecule has 5 nitrogen and oxygen atoms in total. The van der Waals surface area contributed by atoms with Gasteiger partial charge < -0.3 is 0 Å². The van der Waals surface area contributed by atoms with Gasteiger partial charge in [-0.05, 0) is 29.8 Å². The monoisotopic (exact) mass is 288 g/mol. The van der Waals surface area contributed by atoms with E-state index >= 15 is 0 Å². The Bertz CT molecular complexity index is 1040. The number of hydrogen-bond donors (Lipinski definition) is 0. The molecule has 0 amide bonds. The summed E-state index contributed by atoms with van der Waals surface area (Å²) in [6.45, 7) is 0.481. The van der Waals surface area contributed by atoms with E-state index < -0.39 is 0 Å². The molecule has 0 unspecified atom stereocenters. The highest BCUT2D eigenvalue weighted by atomic mass is 16.1. The Balaban J connectivity index is 1.79. The number of benzene rings is 1. The number of pyridine rings is 2. The summed E-state index contributed by atoms with van der Waals surface area (Å²) in [5.41, 5.74) is 2.55. The van der Waals surface area contributed by atoms with E-state index in [0.29, 0.717) is 17.4 Å². The van der Waals surface area contributed by atoms with Crippen molar-refractivity contribution in [3.8, 4) is 0 Å². The molecule has 5 heteroatoms. The molecule has 22 heavy (non-hydrogen) atoms.